The molecule has 0 radical (unpaired) electrons. The van der Waals surface area contributed by atoms with Crippen molar-refractivity contribution in [3.05, 3.63) is 29.3 Å². The van der Waals surface area contributed by atoms with E-state index in [0.29, 0.717) is 19.6 Å². The van der Waals surface area contributed by atoms with Gasteiger partial charge in [0.05, 0.1) is 10.5 Å². The van der Waals surface area contributed by atoms with Crippen molar-refractivity contribution in [3.63, 3.8) is 0 Å². The van der Waals surface area contributed by atoms with Crippen LogP contribution in [0.15, 0.2) is 23.1 Å². The summed E-state index contributed by atoms with van der Waals surface area (Å²) in [6.07, 6.45) is -4.48. The lowest BCUT2D eigenvalue weighted by molar-refractivity contribution is -0.137. The molecule has 8 heteroatoms. The molecule has 0 bridgehead atoms. The summed E-state index contributed by atoms with van der Waals surface area (Å²) in [5.41, 5.74) is -0.733. The summed E-state index contributed by atoms with van der Waals surface area (Å²) in [4.78, 5) is -0.0652. The van der Waals surface area contributed by atoms with Gasteiger partial charge in [0, 0.05) is 25.7 Å². The molecule has 1 heterocycles. The molecule has 1 N–H and O–H groups in total. The summed E-state index contributed by atoms with van der Waals surface area (Å²) >= 11 is 0. The van der Waals surface area contributed by atoms with Crippen LogP contribution in [-0.2, 0) is 16.2 Å². The Morgan fingerprint density at radius 2 is 2.00 bits per heavy atom. The molecule has 1 aromatic rings. The van der Waals surface area contributed by atoms with Crippen LogP contribution in [0.3, 0.4) is 0 Å². The van der Waals surface area contributed by atoms with Gasteiger partial charge < -0.3 is 5.32 Å². The molecule has 2 rings (SSSR count). The van der Waals surface area contributed by atoms with Gasteiger partial charge in [-0.15, -0.1) is 0 Å². The fourth-order valence-electron chi connectivity index (χ4n) is 2.37. The molecule has 1 fully saturated rings. The molecule has 0 saturated carbocycles. The van der Waals surface area contributed by atoms with Gasteiger partial charge in [0.1, 0.15) is 0 Å². The van der Waals surface area contributed by atoms with E-state index in [1.165, 1.54) is 11.2 Å². The standard InChI is InChI=1S/C13H17F3N2O2S/c1-9-7-11(13(14,15)16)3-4-12(9)21(19,20)18-6-5-17-10(2)8-18/h3-4,7,10,17H,5-6,8H2,1-2H3. The molecule has 0 amide bonds. The van der Waals surface area contributed by atoms with E-state index in [1.807, 2.05) is 6.92 Å². The molecule has 21 heavy (non-hydrogen) atoms. The molecule has 0 aliphatic carbocycles. The molecular formula is C13H17F3N2O2S. The van der Waals surface area contributed by atoms with E-state index < -0.39 is 21.8 Å². The Kier molecular flexibility index (Phi) is 4.32. The number of sulfonamides is 1. The second kappa shape index (κ2) is 5.58. The highest BCUT2D eigenvalue weighted by atomic mass is 32.2. The normalized spacial score (nSPS) is 21.5. The van der Waals surface area contributed by atoms with Gasteiger partial charge >= 0.3 is 6.18 Å². The zero-order chi connectivity index (χ0) is 15.8. The Hall–Kier alpha value is -1.12. The van der Waals surface area contributed by atoms with E-state index in [1.54, 1.807) is 0 Å². The zero-order valence-corrected chi connectivity index (χ0v) is 12.6. The Balaban J connectivity index is 2.37. The average Bonchev–Trinajstić information content (AvgIpc) is 2.37. The number of nitrogens with zero attached hydrogens (tertiary/aromatic N) is 1. The lowest BCUT2D eigenvalue weighted by Crippen LogP contribution is -2.51. The van der Waals surface area contributed by atoms with E-state index in [0.717, 1.165) is 18.2 Å². The molecule has 1 aliphatic rings. The molecule has 1 aliphatic heterocycles. The Bertz CT molecular complexity index is 629. The van der Waals surface area contributed by atoms with Crippen LogP contribution in [0.1, 0.15) is 18.1 Å². The first kappa shape index (κ1) is 16.3. The van der Waals surface area contributed by atoms with Gasteiger partial charge in [-0.3, -0.25) is 0 Å². The first-order valence-electron chi connectivity index (χ1n) is 6.54. The van der Waals surface area contributed by atoms with E-state index in [4.69, 9.17) is 0 Å². The monoisotopic (exact) mass is 322 g/mol. The molecule has 1 aromatic carbocycles. The van der Waals surface area contributed by atoms with Gasteiger partial charge in [0.15, 0.2) is 0 Å². The van der Waals surface area contributed by atoms with Crippen LogP contribution in [0.2, 0.25) is 0 Å². The molecule has 0 spiro atoms. The van der Waals surface area contributed by atoms with Gasteiger partial charge in [-0.2, -0.15) is 17.5 Å². The van der Waals surface area contributed by atoms with Crippen LogP contribution in [-0.4, -0.2) is 38.4 Å². The summed E-state index contributed by atoms with van der Waals surface area (Å²) in [5, 5.41) is 3.12. The van der Waals surface area contributed by atoms with Gasteiger partial charge in [-0.1, -0.05) is 0 Å². The highest BCUT2D eigenvalue weighted by Crippen LogP contribution is 2.32. The number of alkyl halides is 3. The lowest BCUT2D eigenvalue weighted by atomic mass is 10.1. The van der Waals surface area contributed by atoms with Crippen molar-refractivity contribution in [1.82, 2.24) is 9.62 Å². The highest BCUT2D eigenvalue weighted by molar-refractivity contribution is 7.89. The first-order chi connectivity index (χ1) is 9.62. The number of rotatable bonds is 2. The SMILES string of the molecule is Cc1cc(C(F)(F)F)ccc1S(=O)(=O)N1CCNC(C)C1. The first-order valence-corrected chi connectivity index (χ1v) is 7.98. The van der Waals surface area contributed by atoms with Crippen molar-refractivity contribution in [1.29, 1.82) is 0 Å². The topological polar surface area (TPSA) is 49.4 Å². The van der Waals surface area contributed by atoms with E-state index in [9.17, 15) is 21.6 Å². The number of nitrogens with one attached hydrogen (secondary N) is 1. The average molecular weight is 322 g/mol. The smallest absolute Gasteiger partial charge is 0.312 e. The third kappa shape index (κ3) is 3.38. The Morgan fingerprint density at radius 3 is 2.52 bits per heavy atom. The fourth-order valence-corrected chi connectivity index (χ4v) is 4.10. The van der Waals surface area contributed by atoms with Crippen LogP contribution >= 0.6 is 0 Å². The predicted octanol–water partition coefficient (Wildman–Crippen LogP) is 2.00. The quantitative estimate of drug-likeness (QED) is 0.906. The summed E-state index contributed by atoms with van der Waals surface area (Å²) in [7, 11) is -3.76. The van der Waals surface area contributed by atoms with Crippen molar-refractivity contribution >= 4 is 10.0 Å². The predicted molar refractivity (Wildman–Crippen MR) is 72.4 cm³/mol. The number of halogens is 3. The van der Waals surface area contributed by atoms with E-state index in [2.05, 4.69) is 5.32 Å². The molecule has 4 nitrogen and oxygen atoms in total. The second-order valence-corrected chi connectivity index (χ2v) is 7.10. The maximum absolute atomic E-state index is 12.6. The minimum atomic E-state index is -4.48. The summed E-state index contributed by atoms with van der Waals surface area (Å²) in [6, 6.07) is 2.74. The van der Waals surface area contributed by atoms with Crippen molar-refractivity contribution in [2.45, 2.75) is 31.0 Å². The van der Waals surface area contributed by atoms with Crippen molar-refractivity contribution in [2.75, 3.05) is 19.6 Å². The largest absolute Gasteiger partial charge is 0.416 e. The van der Waals surface area contributed by atoms with Crippen molar-refractivity contribution < 1.29 is 21.6 Å². The Morgan fingerprint density at radius 1 is 1.33 bits per heavy atom. The molecule has 1 atom stereocenters. The van der Waals surface area contributed by atoms with Crippen molar-refractivity contribution in [2.24, 2.45) is 0 Å². The number of benzene rings is 1. The maximum Gasteiger partial charge on any atom is 0.416 e. The second-order valence-electron chi connectivity index (χ2n) is 5.20. The van der Waals surface area contributed by atoms with Gasteiger partial charge in [-0.05, 0) is 37.6 Å². The van der Waals surface area contributed by atoms with Crippen LogP contribution < -0.4 is 5.32 Å². The zero-order valence-electron chi connectivity index (χ0n) is 11.7. The fraction of sp³-hybridized carbons (Fsp3) is 0.538. The van der Waals surface area contributed by atoms with E-state index >= 15 is 0 Å². The lowest BCUT2D eigenvalue weighted by Gasteiger charge is -2.31. The molecule has 1 saturated heterocycles. The van der Waals surface area contributed by atoms with Crippen molar-refractivity contribution in [3.8, 4) is 0 Å². The minimum absolute atomic E-state index is 0.0169. The van der Waals surface area contributed by atoms with Crippen LogP contribution in [0.25, 0.3) is 0 Å². The third-order valence-corrected chi connectivity index (χ3v) is 5.48. The Labute approximate surface area is 122 Å². The van der Waals surface area contributed by atoms with E-state index in [-0.39, 0.29) is 16.5 Å². The summed E-state index contributed by atoms with van der Waals surface area (Å²) in [5.74, 6) is 0. The summed E-state index contributed by atoms with van der Waals surface area (Å²) in [6.45, 7) is 4.39. The molecule has 1 unspecified atom stereocenters. The molecular weight excluding hydrogens is 305 g/mol. The highest BCUT2D eigenvalue weighted by Gasteiger charge is 2.33. The number of hydrogen-bond donors (Lipinski definition) is 1. The third-order valence-electron chi connectivity index (χ3n) is 3.45. The van der Waals surface area contributed by atoms with Gasteiger partial charge in [0.2, 0.25) is 10.0 Å². The number of aryl methyl sites for hydroxylation is 1. The van der Waals surface area contributed by atoms with Crippen LogP contribution in [0.4, 0.5) is 13.2 Å². The summed E-state index contributed by atoms with van der Waals surface area (Å²) < 4.78 is 64.3. The minimum Gasteiger partial charge on any atom is -0.312 e. The number of piperazine rings is 1. The van der Waals surface area contributed by atoms with Crippen LogP contribution in [0, 0.1) is 6.92 Å². The maximum atomic E-state index is 12.6. The van der Waals surface area contributed by atoms with Crippen LogP contribution in [0.5, 0.6) is 0 Å². The molecule has 118 valence electrons. The number of hydrogen-bond acceptors (Lipinski definition) is 3. The van der Waals surface area contributed by atoms with Gasteiger partial charge in [0.25, 0.3) is 0 Å². The van der Waals surface area contributed by atoms with Gasteiger partial charge in [-0.25, -0.2) is 8.42 Å². The molecule has 0 aromatic heterocycles.